The highest BCUT2D eigenvalue weighted by molar-refractivity contribution is 5.76. The Bertz CT molecular complexity index is 1120. The van der Waals surface area contributed by atoms with Crippen LogP contribution in [-0.4, -0.2) is 47.4 Å². The molecule has 0 aromatic carbocycles. The van der Waals surface area contributed by atoms with E-state index in [9.17, 15) is 19.8 Å². The first-order valence-electron chi connectivity index (χ1n) is 30.7. The van der Waals surface area contributed by atoms with Crippen LogP contribution < -0.4 is 5.32 Å². The lowest BCUT2D eigenvalue weighted by atomic mass is 10.0. The van der Waals surface area contributed by atoms with Crippen LogP contribution in [-0.2, 0) is 14.3 Å². The van der Waals surface area contributed by atoms with Gasteiger partial charge in [0.15, 0.2) is 0 Å². The number of carbonyl (C=O) groups excluding carboxylic acids is 2. The van der Waals surface area contributed by atoms with Gasteiger partial charge in [0.1, 0.15) is 0 Å². The van der Waals surface area contributed by atoms with Crippen LogP contribution in [0.25, 0.3) is 0 Å². The third-order valence-electron chi connectivity index (χ3n) is 14.1. The van der Waals surface area contributed by atoms with E-state index in [1.807, 2.05) is 0 Å². The number of nitrogens with one attached hydrogen (secondary N) is 1. The van der Waals surface area contributed by atoms with Crippen molar-refractivity contribution in [2.75, 3.05) is 13.2 Å². The number of ether oxygens (including phenoxy) is 1. The summed E-state index contributed by atoms with van der Waals surface area (Å²) in [5.74, 6) is -0.0677. The first kappa shape index (κ1) is 67.1. The zero-order chi connectivity index (χ0) is 50.0. The summed E-state index contributed by atoms with van der Waals surface area (Å²) in [5.41, 5.74) is 0. The van der Waals surface area contributed by atoms with Gasteiger partial charge >= 0.3 is 5.97 Å². The number of hydrogen-bond acceptors (Lipinski definition) is 5. The minimum atomic E-state index is -0.677. The van der Waals surface area contributed by atoms with Gasteiger partial charge in [0, 0.05) is 12.8 Å². The Morgan fingerprint density at radius 3 is 1.17 bits per heavy atom. The molecule has 0 bridgehead atoms. The monoisotopic (exact) mass is 970 g/mol. The first-order chi connectivity index (χ1) is 34.0. The van der Waals surface area contributed by atoms with Crippen molar-refractivity contribution in [3.8, 4) is 0 Å². The summed E-state index contributed by atoms with van der Waals surface area (Å²) < 4.78 is 5.45. The summed E-state index contributed by atoms with van der Waals surface area (Å²) in [6, 6.07) is -0.556. The largest absolute Gasteiger partial charge is 0.466 e. The average molecular weight is 971 g/mol. The molecule has 0 aliphatic heterocycles. The van der Waals surface area contributed by atoms with Crippen LogP contribution in [0.2, 0.25) is 0 Å². The second kappa shape index (κ2) is 58.6. The zero-order valence-electron chi connectivity index (χ0n) is 46.3. The van der Waals surface area contributed by atoms with Crippen LogP contribution in [0.3, 0.4) is 0 Å². The van der Waals surface area contributed by atoms with Gasteiger partial charge in [-0.25, -0.2) is 0 Å². The Morgan fingerprint density at radius 2 is 0.754 bits per heavy atom. The molecular formula is C63H119NO5. The third kappa shape index (κ3) is 55.2. The third-order valence-corrected chi connectivity index (χ3v) is 14.1. The number of amides is 1. The first-order valence-corrected chi connectivity index (χ1v) is 30.7. The van der Waals surface area contributed by atoms with Crippen LogP contribution in [0.15, 0.2) is 36.5 Å². The predicted octanol–water partition coefficient (Wildman–Crippen LogP) is 19.2. The molecule has 3 N–H and O–H groups in total. The summed E-state index contributed by atoms with van der Waals surface area (Å²) in [6.07, 6.45) is 72.9. The van der Waals surface area contributed by atoms with Gasteiger partial charge in [-0.2, -0.15) is 0 Å². The van der Waals surface area contributed by atoms with Crippen molar-refractivity contribution >= 4 is 11.9 Å². The number of carbonyl (C=O) groups is 2. The highest BCUT2D eigenvalue weighted by atomic mass is 16.5. The van der Waals surface area contributed by atoms with Crippen molar-refractivity contribution in [1.29, 1.82) is 0 Å². The molecule has 69 heavy (non-hydrogen) atoms. The summed E-state index contributed by atoms with van der Waals surface area (Å²) in [6.45, 7) is 4.88. The van der Waals surface area contributed by atoms with E-state index in [0.717, 1.165) is 70.6 Å². The smallest absolute Gasteiger partial charge is 0.305 e. The molecule has 0 heterocycles. The Morgan fingerprint density at radius 1 is 0.406 bits per heavy atom. The second-order valence-corrected chi connectivity index (χ2v) is 21.0. The fourth-order valence-electron chi connectivity index (χ4n) is 9.44. The predicted molar refractivity (Wildman–Crippen MR) is 301 cm³/mol. The molecule has 0 aliphatic carbocycles. The maximum atomic E-state index is 12.5. The van der Waals surface area contributed by atoms with Gasteiger partial charge in [-0.1, -0.05) is 275 Å². The molecular weight excluding hydrogens is 851 g/mol. The van der Waals surface area contributed by atoms with Crippen molar-refractivity contribution in [3.05, 3.63) is 36.5 Å². The topological polar surface area (TPSA) is 95.9 Å². The van der Waals surface area contributed by atoms with E-state index in [4.69, 9.17) is 4.74 Å². The molecule has 0 saturated heterocycles. The van der Waals surface area contributed by atoms with Gasteiger partial charge in [0.2, 0.25) is 5.91 Å². The van der Waals surface area contributed by atoms with E-state index in [0.29, 0.717) is 25.9 Å². The molecule has 406 valence electrons. The van der Waals surface area contributed by atoms with Crippen molar-refractivity contribution < 1.29 is 24.5 Å². The fraction of sp³-hybridized carbons (Fsp3) is 0.873. The highest BCUT2D eigenvalue weighted by Crippen LogP contribution is 2.18. The van der Waals surface area contributed by atoms with Crippen LogP contribution >= 0.6 is 0 Å². The number of esters is 1. The zero-order valence-corrected chi connectivity index (χ0v) is 46.3. The van der Waals surface area contributed by atoms with Crippen molar-refractivity contribution in [2.24, 2.45) is 0 Å². The van der Waals surface area contributed by atoms with Crippen molar-refractivity contribution in [3.63, 3.8) is 0 Å². The summed E-state index contributed by atoms with van der Waals surface area (Å²) in [7, 11) is 0. The SMILES string of the molecule is CCC/C=C\C/C=C\CCCCCCCC(=O)OCCCCCCCCC/C=C\CCCCCCCC(=O)NC(CO)C(O)CCCCCCCCCCCCCCCCCCCCCCCCC. The minimum absolute atomic E-state index is 0.0178. The summed E-state index contributed by atoms with van der Waals surface area (Å²) in [5, 5.41) is 23.4. The van der Waals surface area contributed by atoms with E-state index in [2.05, 4.69) is 55.6 Å². The summed E-state index contributed by atoms with van der Waals surface area (Å²) >= 11 is 0. The van der Waals surface area contributed by atoms with Gasteiger partial charge in [-0.05, 0) is 77.0 Å². The molecule has 0 saturated carbocycles. The molecule has 0 spiro atoms. The maximum absolute atomic E-state index is 12.5. The lowest BCUT2D eigenvalue weighted by Crippen LogP contribution is -2.45. The van der Waals surface area contributed by atoms with Gasteiger partial charge in [0.05, 0.1) is 25.4 Å². The van der Waals surface area contributed by atoms with E-state index in [1.165, 1.54) is 225 Å². The molecule has 2 unspecified atom stereocenters. The number of hydrogen-bond donors (Lipinski definition) is 3. The van der Waals surface area contributed by atoms with Gasteiger partial charge in [-0.15, -0.1) is 0 Å². The van der Waals surface area contributed by atoms with Crippen molar-refractivity contribution in [2.45, 2.75) is 341 Å². The van der Waals surface area contributed by atoms with Crippen LogP contribution in [0, 0.1) is 0 Å². The maximum Gasteiger partial charge on any atom is 0.305 e. The number of unbranched alkanes of at least 4 members (excludes halogenated alkanes) is 40. The molecule has 0 rings (SSSR count). The normalized spacial score (nSPS) is 12.8. The average Bonchev–Trinajstić information content (AvgIpc) is 3.35. The molecule has 0 aromatic heterocycles. The Kier molecular flexibility index (Phi) is 57.0. The molecule has 1 amide bonds. The number of aliphatic hydroxyl groups excluding tert-OH is 2. The Balaban J connectivity index is 3.47. The van der Waals surface area contributed by atoms with E-state index in [-0.39, 0.29) is 18.5 Å². The lowest BCUT2D eigenvalue weighted by Gasteiger charge is -2.22. The molecule has 0 aromatic rings. The standard InChI is InChI=1S/C63H119NO5/c1-3-5-7-9-11-13-15-17-18-19-20-21-22-23-24-25-28-32-35-39-43-47-51-55-61(66)60(59-65)64-62(67)56-52-48-44-40-36-33-29-26-27-30-34-38-42-46-50-54-58-69-63(68)57-53-49-45-41-37-31-16-14-12-10-8-6-4-2/h8,10,14,16,26,29,60-61,65-66H,3-7,9,11-13,15,17-25,27-28,30-59H2,1-2H3,(H,64,67)/b10-8-,16-14-,29-26-. The molecule has 6 nitrogen and oxygen atoms in total. The Labute approximate surface area is 430 Å². The highest BCUT2D eigenvalue weighted by Gasteiger charge is 2.20. The lowest BCUT2D eigenvalue weighted by molar-refractivity contribution is -0.143. The summed E-state index contributed by atoms with van der Waals surface area (Å²) in [4.78, 5) is 24.5. The molecule has 0 radical (unpaired) electrons. The number of aliphatic hydroxyl groups is 2. The van der Waals surface area contributed by atoms with E-state index >= 15 is 0 Å². The van der Waals surface area contributed by atoms with Gasteiger partial charge in [0.25, 0.3) is 0 Å². The Hall–Kier alpha value is -1.92. The molecule has 6 heteroatoms. The van der Waals surface area contributed by atoms with Crippen molar-refractivity contribution in [1.82, 2.24) is 5.32 Å². The molecule has 2 atom stereocenters. The fourth-order valence-corrected chi connectivity index (χ4v) is 9.44. The van der Waals surface area contributed by atoms with Crippen LogP contribution in [0.5, 0.6) is 0 Å². The minimum Gasteiger partial charge on any atom is -0.466 e. The van der Waals surface area contributed by atoms with Gasteiger partial charge < -0.3 is 20.3 Å². The van der Waals surface area contributed by atoms with E-state index in [1.54, 1.807) is 0 Å². The van der Waals surface area contributed by atoms with Gasteiger partial charge in [-0.3, -0.25) is 9.59 Å². The van der Waals surface area contributed by atoms with E-state index < -0.39 is 12.1 Å². The molecule has 0 fully saturated rings. The van der Waals surface area contributed by atoms with Crippen LogP contribution in [0.4, 0.5) is 0 Å². The van der Waals surface area contributed by atoms with Crippen LogP contribution in [0.1, 0.15) is 328 Å². The molecule has 0 aliphatic rings. The number of rotatable bonds is 57. The number of allylic oxidation sites excluding steroid dienone is 6. The quantitative estimate of drug-likeness (QED) is 0.0321. The second-order valence-electron chi connectivity index (χ2n) is 21.0.